The Balaban J connectivity index is 1.99. The summed E-state index contributed by atoms with van der Waals surface area (Å²) in [6.07, 6.45) is 0. The van der Waals surface area contributed by atoms with Crippen LogP contribution in [0.1, 0.15) is 22.0 Å². The number of piperazine rings is 1. The summed E-state index contributed by atoms with van der Waals surface area (Å²) < 4.78 is 0. The fourth-order valence-corrected chi connectivity index (χ4v) is 2.78. The second kappa shape index (κ2) is 4.09. The minimum absolute atomic E-state index is 0.0980. The van der Waals surface area contributed by atoms with E-state index in [0.29, 0.717) is 0 Å². The van der Waals surface area contributed by atoms with E-state index >= 15 is 0 Å². The van der Waals surface area contributed by atoms with Crippen LogP contribution < -0.4 is 5.32 Å². The molecule has 88 valence electrons. The Hall–Kier alpha value is -1.45. The Bertz CT molecular complexity index is 475. The molecule has 0 radical (unpaired) electrons. The van der Waals surface area contributed by atoms with Crippen LogP contribution in [0.3, 0.4) is 0 Å². The van der Waals surface area contributed by atoms with Gasteiger partial charge in [0.05, 0.1) is 6.04 Å². The molecule has 1 aromatic carbocycles. The van der Waals surface area contributed by atoms with Crippen LogP contribution in [-0.2, 0) is 0 Å². The number of rotatable bonds is 1. The fraction of sp³-hybridized carbons (Fsp3) is 0.357. The molecule has 1 N–H and O–H groups in total. The van der Waals surface area contributed by atoms with E-state index in [1.165, 1.54) is 0 Å². The number of ketones is 1. The first-order valence-corrected chi connectivity index (χ1v) is 6.06. The summed E-state index contributed by atoms with van der Waals surface area (Å²) in [4.78, 5) is 14.5. The lowest BCUT2D eigenvalue weighted by Crippen LogP contribution is -2.45. The molecule has 1 aliphatic carbocycles. The molecule has 0 spiro atoms. The third kappa shape index (κ3) is 1.63. The summed E-state index contributed by atoms with van der Waals surface area (Å²) in [7, 11) is 0. The zero-order valence-electron chi connectivity index (χ0n) is 9.78. The SMILES string of the molecule is C=C1C(=O)c2ccccc2C1N1CCNCC1. The summed E-state index contributed by atoms with van der Waals surface area (Å²) in [6, 6.07) is 7.98. The minimum atomic E-state index is 0.0980. The highest BCUT2D eigenvalue weighted by Crippen LogP contribution is 2.38. The lowest BCUT2D eigenvalue weighted by atomic mass is 10.0. The summed E-state index contributed by atoms with van der Waals surface area (Å²) in [5.74, 6) is 0.115. The van der Waals surface area contributed by atoms with Crippen LogP contribution in [0.5, 0.6) is 0 Å². The van der Waals surface area contributed by atoms with Crippen LogP contribution in [0.15, 0.2) is 36.4 Å². The predicted molar refractivity (Wildman–Crippen MR) is 67.1 cm³/mol. The molecule has 2 aliphatic rings. The number of Topliss-reactive ketones (excluding diaryl/α,β-unsaturated/α-hetero) is 1. The maximum Gasteiger partial charge on any atom is 0.190 e. The van der Waals surface area contributed by atoms with Gasteiger partial charge in [0.25, 0.3) is 0 Å². The smallest absolute Gasteiger partial charge is 0.190 e. The zero-order chi connectivity index (χ0) is 11.8. The van der Waals surface area contributed by atoms with Gasteiger partial charge in [-0.05, 0) is 5.56 Å². The highest BCUT2D eigenvalue weighted by atomic mass is 16.1. The molecule has 17 heavy (non-hydrogen) atoms. The Labute approximate surface area is 101 Å². The van der Waals surface area contributed by atoms with Crippen molar-refractivity contribution in [3.05, 3.63) is 47.5 Å². The van der Waals surface area contributed by atoms with E-state index in [9.17, 15) is 4.79 Å². The lowest BCUT2D eigenvalue weighted by molar-refractivity contribution is 0.102. The zero-order valence-corrected chi connectivity index (χ0v) is 9.78. The van der Waals surface area contributed by atoms with Crippen LogP contribution in [0.2, 0.25) is 0 Å². The van der Waals surface area contributed by atoms with Gasteiger partial charge in [-0.25, -0.2) is 0 Å². The van der Waals surface area contributed by atoms with E-state index in [-0.39, 0.29) is 11.8 Å². The molecule has 1 atom stereocenters. The normalized spacial score (nSPS) is 25.1. The third-order valence-electron chi connectivity index (χ3n) is 3.64. The molecule has 1 aromatic rings. The van der Waals surface area contributed by atoms with Crippen molar-refractivity contribution >= 4 is 5.78 Å². The van der Waals surface area contributed by atoms with Gasteiger partial charge in [-0.2, -0.15) is 0 Å². The summed E-state index contributed by atoms with van der Waals surface area (Å²) in [5.41, 5.74) is 2.69. The summed E-state index contributed by atoms with van der Waals surface area (Å²) >= 11 is 0. The lowest BCUT2D eigenvalue weighted by Gasteiger charge is -2.33. The molecule has 1 aliphatic heterocycles. The number of nitrogens with zero attached hydrogens (tertiary/aromatic N) is 1. The molecule has 3 heteroatoms. The number of benzene rings is 1. The Morgan fingerprint density at radius 3 is 2.71 bits per heavy atom. The van der Waals surface area contributed by atoms with E-state index < -0.39 is 0 Å². The van der Waals surface area contributed by atoms with Crippen LogP contribution in [0.4, 0.5) is 0 Å². The van der Waals surface area contributed by atoms with Crippen LogP contribution >= 0.6 is 0 Å². The number of carbonyl (C=O) groups is 1. The van der Waals surface area contributed by atoms with E-state index in [2.05, 4.69) is 22.9 Å². The van der Waals surface area contributed by atoms with Crippen molar-refractivity contribution in [3.8, 4) is 0 Å². The van der Waals surface area contributed by atoms with Gasteiger partial charge >= 0.3 is 0 Å². The Morgan fingerprint density at radius 1 is 1.24 bits per heavy atom. The maximum atomic E-state index is 12.1. The first-order chi connectivity index (χ1) is 8.29. The molecule has 3 nitrogen and oxygen atoms in total. The van der Waals surface area contributed by atoms with Crippen LogP contribution in [0.25, 0.3) is 0 Å². The topological polar surface area (TPSA) is 32.3 Å². The predicted octanol–water partition coefficient (Wildman–Crippen LogP) is 1.39. The highest BCUT2D eigenvalue weighted by molar-refractivity contribution is 6.13. The first-order valence-electron chi connectivity index (χ1n) is 6.06. The second-order valence-electron chi connectivity index (χ2n) is 4.63. The van der Waals surface area contributed by atoms with E-state index in [1.807, 2.05) is 18.2 Å². The largest absolute Gasteiger partial charge is 0.314 e. The van der Waals surface area contributed by atoms with Gasteiger partial charge in [-0.1, -0.05) is 30.8 Å². The Kier molecular flexibility index (Phi) is 2.57. The molecule has 3 rings (SSSR count). The Morgan fingerprint density at radius 2 is 1.94 bits per heavy atom. The van der Waals surface area contributed by atoms with Gasteiger partial charge in [0.2, 0.25) is 0 Å². The molecule has 1 unspecified atom stereocenters. The maximum absolute atomic E-state index is 12.1. The molecule has 1 saturated heterocycles. The second-order valence-corrected chi connectivity index (χ2v) is 4.63. The monoisotopic (exact) mass is 228 g/mol. The van der Waals surface area contributed by atoms with Crippen molar-refractivity contribution in [3.63, 3.8) is 0 Å². The number of hydrogen-bond donors (Lipinski definition) is 1. The van der Waals surface area contributed by atoms with Gasteiger partial charge in [-0.3, -0.25) is 9.69 Å². The van der Waals surface area contributed by atoms with Crippen LogP contribution in [-0.4, -0.2) is 36.9 Å². The molecule has 0 bridgehead atoms. The molecular formula is C14H16N2O. The van der Waals surface area contributed by atoms with Crippen molar-refractivity contribution in [1.29, 1.82) is 0 Å². The number of hydrogen-bond acceptors (Lipinski definition) is 3. The molecule has 1 fully saturated rings. The molecular weight excluding hydrogens is 212 g/mol. The third-order valence-corrected chi connectivity index (χ3v) is 3.64. The average Bonchev–Trinajstić information content (AvgIpc) is 2.64. The summed E-state index contributed by atoms with van der Waals surface area (Å²) in [5, 5.41) is 3.33. The molecule has 0 aromatic heterocycles. The number of fused-ring (bicyclic) bond motifs is 1. The van der Waals surface area contributed by atoms with E-state index in [4.69, 9.17) is 0 Å². The van der Waals surface area contributed by atoms with Crippen LogP contribution in [0, 0.1) is 0 Å². The van der Waals surface area contributed by atoms with Gasteiger partial charge in [-0.15, -0.1) is 0 Å². The van der Waals surface area contributed by atoms with Crippen molar-refractivity contribution in [2.75, 3.05) is 26.2 Å². The number of nitrogens with one attached hydrogen (secondary N) is 1. The van der Waals surface area contributed by atoms with E-state index in [0.717, 1.165) is 42.9 Å². The van der Waals surface area contributed by atoms with Gasteiger partial charge in [0.1, 0.15) is 0 Å². The minimum Gasteiger partial charge on any atom is -0.314 e. The van der Waals surface area contributed by atoms with Crippen molar-refractivity contribution in [2.45, 2.75) is 6.04 Å². The van der Waals surface area contributed by atoms with Gasteiger partial charge in [0.15, 0.2) is 5.78 Å². The van der Waals surface area contributed by atoms with Crippen molar-refractivity contribution < 1.29 is 4.79 Å². The molecule has 1 heterocycles. The average molecular weight is 228 g/mol. The van der Waals surface area contributed by atoms with Gasteiger partial charge < -0.3 is 5.32 Å². The van der Waals surface area contributed by atoms with E-state index in [1.54, 1.807) is 0 Å². The first kappa shape index (κ1) is 10.7. The number of carbonyl (C=O) groups excluding carboxylic acids is 1. The fourth-order valence-electron chi connectivity index (χ4n) is 2.78. The summed E-state index contributed by atoms with van der Waals surface area (Å²) in [6.45, 7) is 7.92. The highest BCUT2D eigenvalue weighted by Gasteiger charge is 2.36. The molecule has 0 saturated carbocycles. The van der Waals surface area contributed by atoms with Gasteiger partial charge in [0, 0.05) is 37.3 Å². The quantitative estimate of drug-likeness (QED) is 0.737. The standard InChI is InChI=1S/C14H16N2O/c1-10-13(16-8-6-15-7-9-16)11-4-2-3-5-12(11)14(10)17/h2-5,13,15H,1,6-9H2. The van der Waals surface area contributed by atoms with Crippen molar-refractivity contribution in [1.82, 2.24) is 10.2 Å². The van der Waals surface area contributed by atoms with Crippen molar-refractivity contribution in [2.24, 2.45) is 0 Å². The molecule has 0 amide bonds.